The highest BCUT2D eigenvalue weighted by atomic mass is 16.2. The molecule has 1 N–H and O–H groups in total. The summed E-state index contributed by atoms with van der Waals surface area (Å²) in [6.07, 6.45) is 3.10. The van der Waals surface area contributed by atoms with Gasteiger partial charge in [-0.25, -0.2) is 0 Å². The summed E-state index contributed by atoms with van der Waals surface area (Å²) in [6, 6.07) is 10.1. The van der Waals surface area contributed by atoms with Crippen molar-refractivity contribution in [3.05, 3.63) is 35.9 Å². The topological polar surface area (TPSA) is 35.6 Å². The average Bonchev–Trinajstić information content (AvgIpc) is 2.52. The second kappa shape index (κ2) is 8.30. The first-order valence-corrected chi connectivity index (χ1v) is 8.25. The second-order valence-electron chi connectivity index (χ2n) is 6.59. The van der Waals surface area contributed by atoms with Crippen LogP contribution in [0.1, 0.15) is 18.4 Å². The molecule has 1 aliphatic rings. The van der Waals surface area contributed by atoms with E-state index in [0.717, 1.165) is 32.5 Å². The molecule has 22 heavy (non-hydrogen) atoms. The minimum Gasteiger partial charge on any atom is -0.341 e. The number of likely N-dealkylation sites (tertiary alicyclic amines) is 1. The quantitative estimate of drug-likeness (QED) is 0.867. The van der Waals surface area contributed by atoms with E-state index in [1.54, 1.807) is 0 Å². The van der Waals surface area contributed by atoms with Gasteiger partial charge in [0.05, 0.1) is 6.04 Å². The Hall–Kier alpha value is -1.39. The first-order chi connectivity index (χ1) is 10.6. The van der Waals surface area contributed by atoms with Crippen LogP contribution in [0.2, 0.25) is 0 Å². The van der Waals surface area contributed by atoms with Crippen LogP contribution in [0, 0.1) is 5.92 Å². The highest BCUT2D eigenvalue weighted by Crippen LogP contribution is 2.18. The van der Waals surface area contributed by atoms with Crippen LogP contribution in [0.4, 0.5) is 0 Å². The van der Waals surface area contributed by atoms with Crippen LogP contribution < -0.4 is 5.32 Å². The lowest BCUT2D eigenvalue weighted by Gasteiger charge is -2.36. The molecule has 1 heterocycles. The number of piperidine rings is 1. The average molecular weight is 303 g/mol. The van der Waals surface area contributed by atoms with Gasteiger partial charge in [0.25, 0.3) is 0 Å². The lowest BCUT2D eigenvalue weighted by Crippen LogP contribution is -2.50. The van der Waals surface area contributed by atoms with E-state index in [1.807, 2.05) is 25.2 Å². The van der Waals surface area contributed by atoms with Gasteiger partial charge in [0, 0.05) is 19.6 Å². The molecule has 2 atom stereocenters. The zero-order chi connectivity index (χ0) is 15.9. The molecule has 122 valence electrons. The first-order valence-electron chi connectivity index (χ1n) is 8.25. The molecular formula is C18H29N3O. The number of carbonyl (C=O) groups excluding carboxylic acids is 1. The molecule has 0 unspecified atom stereocenters. The largest absolute Gasteiger partial charge is 0.341 e. The Balaban J connectivity index is 1.95. The third-order valence-electron chi connectivity index (χ3n) is 4.38. The van der Waals surface area contributed by atoms with E-state index in [9.17, 15) is 4.79 Å². The number of amides is 1. The van der Waals surface area contributed by atoms with Crippen molar-refractivity contribution >= 4 is 5.91 Å². The van der Waals surface area contributed by atoms with E-state index < -0.39 is 0 Å². The van der Waals surface area contributed by atoms with Crippen molar-refractivity contribution in [2.24, 2.45) is 5.92 Å². The van der Waals surface area contributed by atoms with Gasteiger partial charge >= 0.3 is 0 Å². The fraction of sp³-hybridized carbons (Fsp3) is 0.611. The van der Waals surface area contributed by atoms with Crippen LogP contribution in [-0.4, -0.2) is 62.5 Å². The third-order valence-corrected chi connectivity index (χ3v) is 4.38. The van der Waals surface area contributed by atoms with Gasteiger partial charge in [-0.1, -0.05) is 30.3 Å². The van der Waals surface area contributed by atoms with Gasteiger partial charge in [-0.05, 0) is 51.9 Å². The maximum Gasteiger partial charge on any atom is 0.240 e. The number of hydrogen-bond acceptors (Lipinski definition) is 3. The number of benzene rings is 1. The molecule has 1 amide bonds. The van der Waals surface area contributed by atoms with Crippen molar-refractivity contribution in [3.63, 3.8) is 0 Å². The van der Waals surface area contributed by atoms with E-state index in [1.165, 1.54) is 12.0 Å². The Morgan fingerprint density at radius 1 is 1.36 bits per heavy atom. The van der Waals surface area contributed by atoms with Crippen molar-refractivity contribution in [3.8, 4) is 0 Å². The van der Waals surface area contributed by atoms with E-state index in [4.69, 9.17) is 0 Å². The molecule has 1 saturated heterocycles. The van der Waals surface area contributed by atoms with Gasteiger partial charge in [-0.15, -0.1) is 0 Å². The molecule has 0 radical (unpaired) electrons. The third kappa shape index (κ3) is 4.82. The van der Waals surface area contributed by atoms with Gasteiger partial charge in [0.15, 0.2) is 0 Å². The lowest BCUT2D eigenvalue weighted by molar-refractivity contribution is -0.135. The number of likely N-dealkylation sites (N-methyl/N-ethyl adjacent to an activating group) is 1. The zero-order valence-corrected chi connectivity index (χ0v) is 14.1. The summed E-state index contributed by atoms with van der Waals surface area (Å²) in [5.74, 6) is 0.844. The minimum atomic E-state index is -0.125. The van der Waals surface area contributed by atoms with E-state index in [2.05, 4.69) is 41.3 Å². The molecule has 1 aromatic carbocycles. The molecule has 1 fully saturated rings. The molecule has 2 rings (SSSR count). The summed E-state index contributed by atoms with van der Waals surface area (Å²) in [5.41, 5.74) is 1.21. The Morgan fingerprint density at radius 2 is 2.09 bits per heavy atom. The maximum atomic E-state index is 12.8. The maximum absolute atomic E-state index is 12.8. The van der Waals surface area contributed by atoms with Crippen molar-refractivity contribution in [1.29, 1.82) is 0 Å². The molecule has 0 aliphatic carbocycles. The summed E-state index contributed by atoms with van der Waals surface area (Å²) >= 11 is 0. The van der Waals surface area contributed by atoms with Crippen molar-refractivity contribution < 1.29 is 4.79 Å². The standard InChI is InChI=1S/C18H29N3O/c1-19-17(12-15-8-5-4-6-9-15)18(22)21-11-7-10-16(14-21)13-20(2)3/h4-6,8-9,16-17,19H,7,10-14H2,1-3H3/t16-,17+/m0/s1. The number of nitrogens with one attached hydrogen (secondary N) is 1. The number of carbonyl (C=O) groups is 1. The van der Waals surface area contributed by atoms with Crippen LogP contribution in [0.15, 0.2) is 30.3 Å². The van der Waals surface area contributed by atoms with Gasteiger partial charge in [0.2, 0.25) is 5.91 Å². The van der Waals surface area contributed by atoms with E-state index in [0.29, 0.717) is 5.92 Å². The normalized spacial score (nSPS) is 20.2. The molecular weight excluding hydrogens is 274 g/mol. The molecule has 1 aliphatic heterocycles. The van der Waals surface area contributed by atoms with E-state index in [-0.39, 0.29) is 11.9 Å². The van der Waals surface area contributed by atoms with Crippen molar-refractivity contribution in [2.45, 2.75) is 25.3 Å². The number of nitrogens with zero attached hydrogens (tertiary/aromatic N) is 2. The highest BCUT2D eigenvalue weighted by molar-refractivity contribution is 5.82. The van der Waals surface area contributed by atoms with Crippen LogP contribution in [0.3, 0.4) is 0 Å². The molecule has 4 heteroatoms. The Labute approximate surface area is 134 Å². The lowest BCUT2D eigenvalue weighted by atomic mass is 9.96. The van der Waals surface area contributed by atoms with Crippen LogP contribution in [-0.2, 0) is 11.2 Å². The second-order valence-corrected chi connectivity index (χ2v) is 6.59. The minimum absolute atomic E-state index is 0.125. The summed E-state index contributed by atoms with van der Waals surface area (Å²) in [5, 5.41) is 3.20. The molecule has 4 nitrogen and oxygen atoms in total. The Morgan fingerprint density at radius 3 is 2.73 bits per heavy atom. The molecule has 0 aromatic heterocycles. The molecule has 1 aromatic rings. The van der Waals surface area contributed by atoms with Gasteiger partial charge in [-0.2, -0.15) is 0 Å². The summed E-state index contributed by atoms with van der Waals surface area (Å²) in [4.78, 5) is 17.1. The monoisotopic (exact) mass is 303 g/mol. The first kappa shape index (κ1) is 17.0. The number of rotatable bonds is 6. The zero-order valence-electron chi connectivity index (χ0n) is 14.1. The Kier molecular flexibility index (Phi) is 6.40. The Bertz CT molecular complexity index is 461. The van der Waals surface area contributed by atoms with Crippen LogP contribution in [0.5, 0.6) is 0 Å². The highest BCUT2D eigenvalue weighted by Gasteiger charge is 2.28. The van der Waals surface area contributed by atoms with Crippen LogP contribution in [0.25, 0.3) is 0 Å². The van der Waals surface area contributed by atoms with Crippen molar-refractivity contribution in [2.75, 3.05) is 40.8 Å². The van der Waals surface area contributed by atoms with Crippen molar-refractivity contribution in [1.82, 2.24) is 15.1 Å². The summed E-state index contributed by atoms with van der Waals surface area (Å²) < 4.78 is 0. The molecule has 0 bridgehead atoms. The predicted octanol–water partition coefficient (Wildman–Crippen LogP) is 1.62. The van der Waals surface area contributed by atoms with E-state index >= 15 is 0 Å². The van der Waals surface area contributed by atoms with Crippen LogP contribution >= 0.6 is 0 Å². The predicted molar refractivity (Wildman–Crippen MR) is 90.9 cm³/mol. The fourth-order valence-corrected chi connectivity index (χ4v) is 3.31. The fourth-order valence-electron chi connectivity index (χ4n) is 3.31. The SMILES string of the molecule is CN[C@H](Cc1ccccc1)C(=O)N1CCC[C@@H](CN(C)C)C1. The van der Waals surface area contributed by atoms with Gasteiger partial charge in [0.1, 0.15) is 0 Å². The summed E-state index contributed by atoms with van der Waals surface area (Å²) in [6.45, 7) is 2.85. The van der Waals surface area contributed by atoms with Gasteiger partial charge < -0.3 is 15.1 Å². The molecule has 0 spiro atoms. The summed E-state index contributed by atoms with van der Waals surface area (Å²) in [7, 11) is 6.09. The number of hydrogen-bond donors (Lipinski definition) is 1. The van der Waals surface area contributed by atoms with Gasteiger partial charge in [-0.3, -0.25) is 4.79 Å². The smallest absolute Gasteiger partial charge is 0.240 e. The molecule has 0 saturated carbocycles.